The van der Waals surface area contributed by atoms with Gasteiger partial charge >= 0.3 is 0 Å². The number of hydrogen-bond donors (Lipinski definition) is 0. The number of ether oxygens (including phenoxy) is 1. The van der Waals surface area contributed by atoms with E-state index in [0.29, 0.717) is 18.8 Å². The number of hydrogen-bond acceptors (Lipinski definition) is 2. The predicted molar refractivity (Wildman–Crippen MR) is 65.6 cm³/mol. The number of ketones is 1. The molecule has 0 aliphatic heterocycles. The van der Waals surface area contributed by atoms with E-state index in [2.05, 4.69) is 13.8 Å². The molecule has 0 fully saturated rings. The quantitative estimate of drug-likeness (QED) is 0.703. The summed E-state index contributed by atoms with van der Waals surface area (Å²) in [7, 11) is 0. The van der Waals surface area contributed by atoms with Crippen molar-refractivity contribution in [1.82, 2.24) is 0 Å². The average Bonchev–Trinajstić information content (AvgIpc) is 2.32. The summed E-state index contributed by atoms with van der Waals surface area (Å²) >= 11 is 0. The van der Waals surface area contributed by atoms with Crippen LogP contribution in [0.25, 0.3) is 0 Å². The largest absolute Gasteiger partial charge is 0.493 e. The van der Waals surface area contributed by atoms with Gasteiger partial charge in [-0.3, -0.25) is 4.79 Å². The molecular formula is C14H20O2. The van der Waals surface area contributed by atoms with Crippen LogP contribution in [0, 0.1) is 5.92 Å². The molecule has 0 saturated carbocycles. The van der Waals surface area contributed by atoms with Gasteiger partial charge in [0.25, 0.3) is 0 Å². The lowest BCUT2D eigenvalue weighted by atomic mass is 9.96. The number of benzene rings is 1. The molecule has 0 bridgehead atoms. The van der Waals surface area contributed by atoms with Crippen molar-refractivity contribution < 1.29 is 9.53 Å². The zero-order valence-electron chi connectivity index (χ0n) is 10.1. The molecule has 0 aliphatic carbocycles. The Kier molecular flexibility index (Phi) is 5.62. The van der Waals surface area contributed by atoms with Gasteiger partial charge in [-0.15, -0.1) is 0 Å². The summed E-state index contributed by atoms with van der Waals surface area (Å²) in [6.07, 6.45) is 2.38. The number of carbonyl (C=O) groups is 1. The number of Topliss-reactive ketones (excluding diaryl/α,β-unsaturated/α-hetero) is 1. The van der Waals surface area contributed by atoms with E-state index < -0.39 is 0 Å². The van der Waals surface area contributed by atoms with E-state index in [0.717, 1.165) is 18.6 Å². The third kappa shape index (κ3) is 4.05. The fraction of sp³-hybridized carbons (Fsp3) is 0.500. The molecule has 0 unspecified atom stereocenters. The summed E-state index contributed by atoms with van der Waals surface area (Å²) < 4.78 is 5.49. The number of rotatable bonds is 7. The van der Waals surface area contributed by atoms with Gasteiger partial charge in [-0.25, -0.2) is 0 Å². The third-order valence-corrected chi connectivity index (χ3v) is 2.80. The first-order valence-electron chi connectivity index (χ1n) is 5.98. The zero-order chi connectivity index (χ0) is 11.8. The van der Waals surface area contributed by atoms with Crippen LogP contribution in [0.15, 0.2) is 30.3 Å². The highest BCUT2D eigenvalue weighted by Crippen LogP contribution is 2.13. The fourth-order valence-electron chi connectivity index (χ4n) is 1.73. The zero-order valence-corrected chi connectivity index (χ0v) is 10.1. The Morgan fingerprint density at radius 2 is 1.81 bits per heavy atom. The Labute approximate surface area is 97.6 Å². The fourth-order valence-corrected chi connectivity index (χ4v) is 1.73. The van der Waals surface area contributed by atoms with Gasteiger partial charge < -0.3 is 4.74 Å². The summed E-state index contributed by atoms with van der Waals surface area (Å²) in [6.45, 7) is 4.60. The van der Waals surface area contributed by atoms with Crippen molar-refractivity contribution in [2.24, 2.45) is 5.92 Å². The van der Waals surface area contributed by atoms with E-state index in [1.165, 1.54) is 0 Å². The molecule has 0 heterocycles. The van der Waals surface area contributed by atoms with Gasteiger partial charge in [0, 0.05) is 12.3 Å². The lowest BCUT2D eigenvalue weighted by Gasteiger charge is -2.11. The molecule has 1 aromatic rings. The molecule has 0 amide bonds. The molecule has 0 spiro atoms. The summed E-state index contributed by atoms with van der Waals surface area (Å²) in [4.78, 5) is 11.7. The minimum absolute atomic E-state index is 0.208. The second-order valence-electron chi connectivity index (χ2n) is 3.89. The van der Waals surface area contributed by atoms with Crippen LogP contribution in [0.4, 0.5) is 0 Å². The highest BCUT2D eigenvalue weighted by molar-refractivity contribution is 5.80. The number of carbonyl (C=O) groups excluding carboxylic acids is 1. The van der Waals surface area contributed by atoms with Gasteiger partial charge in [-0.2, -0.15) is 0 Å². The van der Waals surface area contributed by atoms with Crippen LogP contribution in [0.2, 0.25) is 0 Å². The SMILES string of the molecule is CCC(CC)C(=O)CCOc1ccccc1. The van der Waals surface area contributed by atoms with Gasteiger partial charge in [-0.1, -0.05) is 32.0 Å². The molecule has 16 heavy (non-hydrogen) atoms. The molecule has 88 valence electrons. The van der Waals surface area contributed by atoms with Crippen molar-refractivity contribution in [2.45, 2.75) is 33.1 Å². The van der Waals surface area contributed by atoms with Crippen LogP contribution in [-0.4, -0.2) is 12.4 Å². The Morgan fingerprint density at radius 3 is 2.38 bits per heavy atom. The van der Waals surface area contributed by atoms with Gasteiger partial charge in [0.1, 0.15) is 11.5 Å². The normalized spacial score (nSPS) is 10.4. The van der Waals surface area contributed by atoms with Crippen LogP contribution in [0.3, 0.4) is 0 Å². The average molecular weight is 220 g/mol. The molecule has 0 N–H and O–H groups in total. The van der Waals surface area contributed by atoms with Crippen molar-refractivity contribution >= 4 is 5.78 Å². The van der Waals surface area contributed by atoms with Crippen molar-refractivity contribution in [2.75, 3.05) is 6.61 Å². The van der Waals surface area contributed by atoms with Gasteiger partial charge in [-0.05, 0) is 25.0 Å². The summed E-state index contributed by atoms with van der Waals surface area (Å²) in [5.41, 5.74) is 0. The maximum atomic E-state index is 11.7. The van der Waals surface area contributed by atoms with Crippen LogP contribution in [0.1, 0.15) is 33.1 Å². The molecule has 2 nitrogen and oxygen atoms in total. The van der Waals surface area contributed by atoms with Crippen molar-refractivity contribution in [1.29, 1.82) is 0 Å². The Balaban J connectivity index is 2.28. The van der Waals surface area contributed by atoms with E-state index in [9.17, 15) is 4.79 Å². The molecule has 1 aromatic carbocycles. The molecule has 0 saturated heterocycles. The van der Waals surface area contributed by atoms with Gasteiger partial charge in [0.2, 0.25) is 0 Å². The topological polar surface area (TPSA) is 26.3 Å². The van der Waals surface area contributed by atoms with Gasteiger partial charge in [0.15, 0.2) is 0 Å². The van der Waals surface area contributed by atoms with E-state index in [-0.39, 0.29) is 5.92 Å². The Morgan fingerprint density at radius 1 is 1.19 bits per heavy atom. The smallest absolute Gasteiger partial charge is 0.139 e. The summed E-state index contributed by atoms with van der Waals surface area (Å²) in [6, 6.07) is 9.61. The second-order valence-corrected chi connectivity index (χ2v) is 3.89. The molecule has 2 heteroatoms. The minimum atomic E-state index is 0.208. The van der Waals surface area contributed by atoms with Crippen LogP contribution in [0.5, 0.6) is 5.75 Å². The van der Waals surface area contributed by atoms with Crippen LogP contribution < -0.4 is 4.74 Å². The van der Waals surface area contributed by atoms with E-state index in [1.807, 2.05) is 30.3 Å². The van der Waals surface area contributed by atoms with Crippen molar-refractivity contribution in [3.05, 3.63) is 30.3 Å². The molecule has 0 radical (unpaired) electrons. The van der Waals surface area contributed by atoms with E-state index in [1.54, 1.807) is 0 Å². The first-order valence-corrected chi connectivity index (χ1v) is 5.98. The van der Waals surface area contributed by atoms with Crippen LogP contribution in [-0.2, 0) is 4.79 Å². The number of para-hydroxylation sites is 1. The molecule has 0 atom stereocenters. The van der Waals surface area contributed by atoms with Crippen molar-refractivity contribution in [3.8, 4) is 5.75 Å². The summed E-state index contributed by atoms with van der Waals surface area (Å²) in [5, 5.41) is 0. The van der Waals surface area contributed by atoms with E-state index >= 15 is 0 Å². The Bertz CT molecular complexity index is 302. The van der Waals surface area contributed by atoms with E-state index in [4.69, 9.17) is 4.74 Å². The maximum absolute atomic E-state index is 11.7. The monoisotopic (exact) mass is 220 g/mol. The lowest BCUT2D eigenvalue weighted by Crippen LogP contribution is -2.15. The minimum Gasteiger partial charge on any atom is -0.493 e. The first-order chi connectivity index (χ1) is 7.77. The second kappa shape index (κ2) is 7.04. The predicted octanol–water partition coefficient (Wildman–Crippen LogP) is 3.46. The Hall–Kier alpha value is -1.31. The van der Waals surface area contributed by atoms with Gasteiger partial charge in [0.05, 0.1) is 6.61 Å². The third-order valence-electron chi connectivity index (χ3n) is 2.80. The maximum Gasteiger partial charge on any atom is 0.139 e. The van der Waals surface area contributed by atoms with Crippen LogP contribution >= 0.6 is 0 Å². The molecule has 0 aromatic heterocycles. The molecule has 0 aliphatic rings. The highest BCUT2D eigenvalue weighted by Gasteiger charge is 2.13. The highest BCUT2D eigenvalue weighted by atomic mass is 16.5. The summed E-state index contributed by atoms with van der Waals surface area (Å²) in [5.74, 6) is 1.36. The standard InChI is InChI=1S/C14H20O2/c1-3-12(4-2)14(15)10-11-16-13-8-6-5-7-9-13/h5-9,12H,3-4,10-11H2,1-2H3. The first kappa shape index (κ1) is 12.8. The van der Waals surface area contributed by atoms with Crippen molar-refractivity contribution in [3.63, 3.8) is 0 Å². The molecule has 1 rings (SSSR count). The molecular weight excluding hydrogens is 200 g/mol. The lowest BCUT2D eigenvalue weighted by molar-refractivity contribution is -0.123.